The fraction of sp³-hybridized carbons (Fsp3) is 0.438. The average Bonchev–Trinajstić information content (AvgIpc) is 3.44. The van der Waals surface area contributed by atoms with Crippen LogP contribution in [-0.2, 0) is 13.0 Å². The molecule has 2 aromatic heterocycles. The van der Waals surface area contributed by atoms with Crippen LogP contribution >= 0.6 is 23.6 Å². The Hall–Kier alpha value is -2.26. The molecule has 136 valence electrons. The second-order valence-corrected chi connectivity index (χ2v) is 7.42. The molecule has 3 rings (SSSR count). The molecule has 0 saturated heterocycles. The molecule has 0 unspecified atom stereocenters. The Balaban J connectivity index is 1.95. The molecule has 2 N–H and O–H groups in total. The number of thiazole rings is 1. The third-order valence-corrected chi connectivity index (χ3v) is 5.87. The Morgan fingerprint density at radius 2 is 2.27 bits per heavy atom. The Morgan fingerprint density at radius 1 is 1.50 bits per heavy atom. The molecule has 1 saturated carbocycles. The van der Waals surface area contributed by atoms with Gasteiger partial charge in [0, 0.05) is 36.0 Å². The third kappa shape index (κ3) is 3.94. The van der Waals surface area contributed by atoms with Gasteiger partial charge in [-0.25, -0.2) is 10.8 Å². The Kier molecular flexibility index (Phi) is 5.67. The fourth-order valence-corrected chi connectivity index (χ4v) is 3.82. The first kappa shape index (κ1) is 18.5. The number of hydrogen-bond donors (Lipinski definition) is 1. The van der Waals surface area contributed by atoms with Crippen LogP contribution in [0.15, 0.2) is 23.6 Å². The van der Waals surface area contributed by atoms with Crippen LogP contribution in [0.2, 0.25) is 0 Å². The van der Waals surface area contributed by atoms with Crippen LogP contribution in [0, 0.1) is 0 Å². The molecule has 8 nitrogen and oxygen atoms in total. The highest BCUT2D eigenvalue weighted by Gasteiger charge is 2.31. The summed E-state index contributed by atoms with van der Waals surface area (Å²) < 4.78 is 0. The number of pyridine rings is 1. The molecule has 0 bridgehead atoms. The van der Waals surface area contributed by atoms with Gasteiger partial charge in [-0.15, -0.1) is 0 Å². The van der Waals surface area contributed by atoms with Crippen LogP contribution in [0.4, 0.5) is 5.00 Å². The van der Waals surface area contributed by atoms with Gasteiger partial charge in [0.05, 0.1) is 12.2 Å². The maximum absolute atomic E-state index is 8.68. The summed E-state index contributed by atoms with van der Waals surface area (Å²) in [6.45, 7) is 2.24. The van der Waals surface area contributed by atoms with Crippen molar-refractivity contribution in [2.45, 2.75) is 38.8 Å². The number of aryl methyl sites for hydroxylation is 1. The van der Waals surface area contributed by atoms with Crippen molar-refractivity contribution in [1.82, 2.24) is 15.0 Å². The molecule has 26 heavy (non-hydrogen) atoms. The van der Waals surface area contributed by atoms with Crippen LogP contribution in [0.3, 0.4) is 0 Å². The molecule has 10 heteroatoms. The van der Waals surface area contributed by atoms with Gasteiger partial charge < -0.3 is 4.90 Å². The second-order valence-electron chi connectivity index (χ2n) is 6.08. The standard InChI is InChI=1S/C16H20N8S2/c1-3-10-6-11(8-19-7-10)14-21-13(9-20-22-17)15(26-14)23(2)16(25)24(18)12-4-5-12/h6-8,12H,3-5,9,18H2,1-2H3. The molecule has 0 amide bonds. The fourth-order valence-electron chi connectivity index (χ4n) is 2.50. The maximum Gasteiger partial charge on any atom is 0.191 e. The molecular weight excluding hydrogens is 368 g/mol. The predicted molar refractivity (Wildman–Crippen MR) is 108 cm³/mol. The van der Waals surface area contributed by atoms with Gasteiger partial charge in [-0.05, 0) is 48.6 Å². The first-order chi connectivity index (χ1) is 12.5. The molecule has 2 heterocycles. The highest BCUT2D eigenvalue weighted by molar-refractivity contribution is 7.80. The van der Waals surface area contributed by atoms with E-state index in [-0.39, 0.29) is 6.54 Å². The van der Waals surface area contributed by atoms with Crippen molar-refractivity contribution >= 4 is 33.7 Å². The van der Waals surface area contributed by atoms with E-state index in [1.165, 1.54) is 11.3 Å². The van der Waals surface area contributed by atoms with Gasteiger partial charge in [-0.1, -0.05) is 23.4 Å². The monoisotopic (exact) mass is 388 g/mol. The minimum absolute atomic E-state index is 0.157. The van der Waals surface area contributed by atoms with Crippen LogP contribution in [0.1, 0.15) is 31.0 Å². The zero-order valence-corrected chi connectivity index (χ0v) is 16.3. The van der Waals surface area contributed by atoms with Crippen molar-refractivity contribution in [3.8, 4) is 10.6 Å². The number of anilines is 1. The van der Waals surface area contributed by atoms with Crippen molar-refractivity contribution in [3.05, 3.63) is 40.2 Å². The maximum atomic E-state index is 8.68. The van der Waals surface area contributed by atoms with E-state index < -0.39 is 0 Å². The quantitative estimate of drug-likeness (QED) is 0.202. The van der Waals surface area contributed by atoms with Gasteiger partial charge in [0.1, 0.15) is 10.0 Å². The molecule has 1 fully saturated rings. The van der Waals surface area contributed by atoms with Gasteiger partial charge in [-0.3, -0.25) is 9.99 Å². The largest absolute Gasteiger partial charge is 0.311 e. The van der Waals surface area contributed by atoms with Crippen LogP contribution in [-0.4, -0.2) is 33.2 Å². The van der Waals surface area contributed by atoms with Gasteiger partial charge in [-0.2, -0.15) is 0 Å². The number of azide groups is 1. The summed E-state index contributed by atoms with van der Waals surface area (Å²) in [5.74, 6) is 6.11. The van der Waals surface area contributed by atoms with E-state index in [0.29, 0.717) is 16.8 Å². The van der Waals surface area contributed by atoms with Gasteiger partial charge in [0.2, 0.25) is 0 Å². The Bertz CT molecular complexity index is 854. The summed E-state index contributed by atoms with van der Waals surface area (Å²) in [7, 11) is 1.86. The first-order valence-corrected chi connectivity index (χ1v) is 9.54. The number of nitrogens with two attached hydrogens (primary N) is 1. The SMILES string of the molecule is CCc1cncc(-c2nc(CN=[N+]=[N-])c(N(C)C(=S)N(N)C3CC3)s2)c1. The smallest absolute Gasteiger partial charge is 0.191 e. The first-order valence-electron chi connectivity index (χ1n) is 8.31. The zero-order chi connectivity index (χ0) is 18.7. The number of aromatic nitrogens is 2. The molecule has 1 aliphatic rings. The van der Waals surface area contributed by atoms with Crippen LogP contribution in [0.25, 0.3) is 21.0 Å². The van der Waals surface area contributed by atoms with E-state index in [1.54, 1.807) is 11.2 Å². The minimum atomic E-state index is 0.157. The summed E-state index contributed by atoms with van der Waals surface area (Å²) in [5, 5.41) is 7.48. The summed E-state index contributed by atoms with van der Waals surface area (Å²) in [6, 6.07) is 2.38. The van der Waals surface area contributed by atoms with Gasteiger partial charge in [0.15, 0.2) is 5.11 Å². The number of hydrazine groups is 1. The van der Waals surface area contributed by atoms with E-state index in [2.05, 4.69) is 33.0 Å². The lowest BCUT2D eigenvalue weighted by Gasteiger charge is -2.26. The topological polar surface area (TPSA) is 107 Å². The highest BCUT2D eigenvalue weighted by Crippen LogP contribution is 2.36. The molecule has 0 aliphatic heterocycles. The number of hydrogen-bond acceptors (Lipinski definition) is 6. The Labute approximate surface area is 161 Å². The van der Waals surface area contributed by atoms with E-state index in [9.17, 15) is 0 Å². The molecular formula is C16H20N8S2. The van der Waals surface area contributed by atoms with Gasteiger partial charge >= 0.3 is 0 Å². The van der Waals surface area contributed by atoms with Crippen molar-refractivity contribution in [1.29, 1.82) is 0 Å². The molecule has 0 atom stereocenters. The highest BCUT2D eigenvalue weighted by atomic mass is 32.1. The summed E-state index contributed by atoms with van der Waals surface area (Å²) in [6.07, 6.45) is 6.65. The lowest BCUT2D eigenvalue weighted by molar-refractivity contribution is 0.431. The lowest BCUT2D eigenvalue weighted by Crippen LogP contribution is -2.46. The Morgan fingerprint density at radius 3 is 2.92 bits per heavy atom. The summed E-state index contributed by atoms with van der Waals surface area (Å²) in [5.41, 5.74) is 11.4. The van der Waals surface area contributed by atoms with E-state index >= 15 is 0 Å². The molecule has 0 radical (unpaired) electrons. The average molecular weight is 389 g/mol. The second kappa shape index (κ2) is 7.96. The van der Waals surface area contributed by atoms with E-state index in [1.807, 2.05) is 18.1 Å². The molecule has 0 spiro atoms. The normalized spacial score (nSPS) is 13.2. The minimum Gasteiger partial charge on any atom is -0.311 e. The van der Waals surface area contributed by atoms with E-state index in [4.69, 9.17) is 23.6 Å². The van der Waals surface area contributed by atoms with Crippen molar-refractivity contribution in [2.75, 3.05) is 11.9 Å². The number of rotatable bonds is 6. The van der Waals surface area contributed by atoms with Crippen LogP contribution < -0.4 is 10.7 Å². The van der Waals surface area contributed by atoms with Crippen molar-refractivity contribution in [3.63, 3.8) is 0 Å². The van der Waals surface area contributed by atoms with E-state index in [0.717, 1.165) is 40.4 Å². The van der Waals surface area contributed by atoms with Crippen molar-refractivity contribution in [2.24, 2.45) is 11.0 Å². The molecule has 1 aliphatic carbocycles. The van der Waals surface area contributed by atoms with Gasteiger partial charge in [0.25, 0.3) is 0 Å². The predicted octanol–water partition coefficient (Wildman–Crippen LogP) is 3.64. The zero-order valence-electron chi connectivity index (χ0n) is 14.7. The molecule has 0 aromatic carbocycles. The number of thiocarbonyl (C=S) groups is 1. The van der Waals surface area contributed by atoms with Crippen LogP contribution in [0.5, 0.6) is 0 Å². The molecule has 2 aromatic rings. The summed E-state index contributed by atoms with van der Waals surface area (Å²) in [4.78, 5) is 13.7. The number of nitrogens with zero attached hydrogens (tertiary/aromatic N) is 7. The van der Waals surface area contributed by atoms with Crippen molar-refractivity contribution < 1.29 is 0 Å². The lowest BCUT2D eigenvalue weighted by atomic mass is 10.2. The summed E-state index contributed by atoms with van der Waals surface area (Å²) >= 11 is 7.02. The third-order valence-electron chi connectivity index (χ3n) is 4.16.